The van der Waals surface area contributed by atoms with Gasteiger partial charge in [0.1, 0.15) is 11.3 Å². The minimum absolute atomic E-state index is 0.309. The van der Waals surface area contributed by atoms with E-state index in [-0.39, 0.29) is 0 Å². The molecule has 21 heavy (non-hydrogen) atoms. The summed E-state index contributed by atoms with van der Waals surface area (Å²) in [6.07, 6.45) is 6.81. The molecule has 0 bridgehead atoms. The first kappa shape index (κ1) is 13.4. The van der Waals surface area contributed by atoms with Crippen LogP contribution < -0.4 is 5.32 Å². The molecule has 2 saturated carbocycles. The van der Waals surface area contributed by atoms with Crippen LogP contribution in [-0.2, 0) is 6.42 Å². The van der Waals surface area contributed by atoms with Crippen molar-refractivity contribution in [3.05, 3.63) is 35.6 Å². The molecule has 0 amide bonds. The maximum absolute atomic E-state index is 6.15. The van der Waals surface area contributed by atoms with E-state index in [1.807, 2.05) is 0 Å². The maximum Gasteiger partial charge on any atom is 0.134 e. The first-order chi connectivity index (χ1) is 10.2. The quantitative estimate of drug-likeness (QED) is 0.821. The highest BCUT2D eigenvalue weighted by Crippen LogP contribution is 2.61. The van der Waals surface area contributed by atoms with Crippen molar-refractivity contribution < 1.29 is 4.42 Å². The fourth-order valence-corrected chi connectivity index (χ4v) is 3.87. The number of fused-ring (bicyclic) bond motifs is 1. The highest BCUT2D eigenvalue weighted by Gasteiger charge is 2.53. The van der Waals surface area contributed by atoms with Gasteiger partial charge in [0.2, 0.25) is 0 Å². The standard InChI is InChI=1S/C19H25NO/c1-3-15-16-6-4-5-7-17(16)21-18(15)13(2)20-12-19(10-11-19)14-8-9-14/h4-7,13-14,20H,3,8-12H2,1-2H3. The van der Waals surface area contributed by atoms with Crippen molar-refractivity contribution in [1.82, 2.24) is 5.32 Å². The summed E-state index contributed by atoms with van der Waals surface area (Å²) >= 11 is 0. The van der Waals surface area contributed by atoms with E-state index in [0.717, 1.165) is 23.7 Å². The van der Waals surface area contributed by atoms with Gasteiger partial charge in [-0.1, -0.05) is 25.1 Å². The molecule has 1 aromatic heterocycles. The highest BCUT2D eigenvalue weighted by molar-refractivity contribution is 5.82. The fraction of sp³-hybridized carbons (Fsp3) is 0.579. The molecular formula is C19H25NO. The zero-order valence-corrected chi connectivity index (χ0v) is 13.1. The van der Waals surface area contributed by atoms with Gasteiger partial charge in [0.25, 0.3) is 0 Å². The monoisotopic (exact) mass is 283 g/mol. The van der Waals surface area contributed by atoms with Crippen LogP contribution in [-0.4, -0.2) is 6.54 Å². The minimum atomic E-state index is 0.309. The van der Waals surface area contributed by atoms with Gasteiger partial charge in [-0.3, -0.25) is 0 Å². The van der Waals surface area contributed by atoms with E-state index in [9.17, 15) is 0 Å². The first-order valence-electron chi connectivity index (χ1n) is 8.47. The molecule has 1 unspecified atom stereocenters. The lowest BCUT2D eigenvalue weighted by molar-refractivity contribution is 0.359. The molecule has 2 fully saturated rings. The Morgan fingerprint density at radius 2 is 2.05 bits per heavy atom. The molecule has 2 heteroatoms. The van der Waals surface area contributed by atoms with Crippen molar-refractivity contribution >= 4 is 11.0 Å². The van der Waals surface area contributed by atoms with E-state index in [4.69, 9.17) is 4.42 Å². The Morgan fingerprint density at radius 1 is 1.29 bits per heavy atom. The molecule has 2 aromatic rings. The Balaban J connectivity index is 1.54. The number of aryl methyl sites for hydroxylation is 1. The van der Waals surface area contributed by atoms with E-state index < -0.39 is 0 Å². The van der Waals surface area contributed by atoms with Crippen LogP contribution in [0.25, 0.3) is 11.0 Å². The van der Waals surface area contributed by atoms with Crippen LogP contribution in [0, 0.1) is 11.3 Å². The molecule has 0 saturated heterocycles. The molecule has 2 aliphatic carbocycles. The number of furan rings is 1. The number of para-hydroxylation sites is 1. The Hall–Kier alpha value is -1.28. The van der Waals surface area contributed by atoms with E-state index in [0.29, 0.717) is 11.5 Å². The average Bonchev–Trinajstić information content (AvgIpc) is 3.39. The van der Waals surface area contributed by atoms with Gasteiger partial charge < -0.3 is 9.73 Å². The van der Waals surface area contributed by atoms with Crippen LogP contribution in [0.5, 0.6) is 0 Å². The first-order valence-corrected chi connectivity index (χ1v) is 8.47. The predicted molar refractivity (Wildman–Crippen MR) is 86.4 cm³/mol. The predicted octanol–water partition coefficient (Wildman–Crippen LogP) is 4.84. The summed E-state index contributed by atoms with van der Waals surface area (Å²) in [4.78, 5) is 0. The molecule has 112 valence electrons. The third-order valence-electron chi connectivity index (χ3n) is 5.57. The number of hydrogen-bond acceptors (Lipinski definition) is 2. The van der Waals surface area contributed by atoms with Crippen LogP contribution in [0.4, 0.5) is 0 Å². The fourth-order valence-electron chi connectivity index (χ4n) is 3.87. The largest absolute Gasteiger partial charge is 0.459 e. The van der Waals surface area contributed by atoms with E-state index in [2.05, 4.69) is 43.4 Å². The lowest BCUT2D eigenvalue weighted by Gasteiger charge is -2.19. The number of benzene rings is 1. The number of hydrogen-bond donors (Lipinski definition) is 1. The second-order valence-electron chi connectivity index (χ2n) is 7.03. The summed E-state index contributed by atoms with van der Waals surface area (Å²) in [6.45, 7) is 5.64. The zero-order chi connectivity index (χ0) is 14.4. The second-order valence-corrected chi connectivity index (χ2v) is 7.03. The smallest absolute Gasteiger partial charge is 0.134 e. The Bertz CT molecular complexity index is 649. The summed E-state index contributed by atoms with van der Waals surface area (Å²) in [5, 5.41) is 5.05. The summed E-state index contributed by atoms with van der Waals surface area (Å²) in [7, 11) is 0. The van der Waals surface area contributed by atoms with Crippen molar-refractivity contribution in [2.75, 3.05) is 6.54 Å². The van der Waals surface area contributed by atoms with E-state index >= 15 is 0 Å². The van der Waals surface area contributed by atoms with Gasteiger partial charge >= 0.3 is 0 Å². The van der Waals surface area contributed by atoms with Gasteiger partial charge in [0, 0.05) is 17.5 Å². The molecule has 1 atom stereocenters. The molecule has 0 aliphatic heterocycles. The van der Waals surface area contributed by atoms with Gasteiger partial charge in [0.15, 0.2) is 0 Å². The van der Waals surface area contributed by atoms with Crippen molar-refractivity contribution in [2.45, 2.75) is 52.0 Å². The SMILES string of the molecule is CCc1c(C(C)NCC2(C3CC3)CC2)oc2ccccc12. The average molecular weight is 283 g/mol. The van der Waals surface area contributed by atoms with Crippen molar-refractivity contribution in [1.29, 1.82) is 0 Å². The molecule has 2 nitrogen and oxygen atoms in total. The van der Waals surface area contributed by atoms with Gasteiger partial charge in [-0.25, -0.2) is 0 Å². The van der Waals surface area contributed by atoms with Crippen molar-refractivity contribution in [3.63, 3.8) is 0 Å². The Kier molecular flexibility index (Phi) is 3.11. The topological polar surface area (TPSA) is 25.2 Å². The Morgan fingerprint density at radius 3 is 2.71 bits per heavy atom. The number of rotatable bonds is 6. The third kappa shape index (κ3) is 2.30. The summed E-state index contributed by atoms with van der Waals surface area (Å²) < 4.78 is 6.15. The molecule has 1 heterocycles. The lowest BCUT2D eigenvalue weighted by atomic mass is 9.99. The van der Waals surface area contributed by atoms with Gasteiger partial charge in [-0.2, -0.15) is 0 Å². The van der Waals surface area contributed by atoms with E-state index in [1.54, 1.807) is 0 Å². The minimum Gasteiger partial charge on any atom is -0.459 e. The van der Waals surface area contributed by atoms with E-state index in [1.165, 1.54) is 43.2 Å². The Labute approximate surface area is 126 Å². The second kappa shape index (κ2) is 4.88. The summed E-state index contributed by atoms with van der Waals surface area (Å²) in [5.41, 5.74) is 3.05. The molecule has 2 aliphatic rings. The molecule has 1 aromatic carbocycles. The third-order valence-corrected chi connectivity index (χ3v) is 5.57. The zero-order valence-electron chi connectivity index (χ0n) is 13.1. The van der Waals surface area contributed by atoms with Gasteiger partial charge in [-0.05, 0) is 56.4 Å². The molecule has 0 radical (unpaired) electrons. The summed E-state index contributed by atoms with van der Waals surface area (Å²) in [5.74, 6) is 2.16. The van der Waals surface area contributed by atoms with Crippen LogP contribution >= 0.6 is 0 Å². The van der Waals surface area contributed by atoms with Gasteiger partial charge in [0.05, 0.1) is 6.04 Å². The van der Waals surface area contributed by atoms with Crippen molar-refractivity contribution in [2.24, 2.45) is 11.3 Å². The van der Waals surface area contributed by atoms with Crippen LogP contribution in [0.15, 0.2) is 28.7 Å². The number of nitrogens with one attached hydrogen (secondary N) is 1. The lowest BCUT2D eigenvalue weighted by Crippen LogP contribution is -2.28. The molecule has 0 spiro atoms. The summed E-state index contributed by atoms with van der Waals surface area (Å²) in [6, 6.07) is 8.73. The maximum atomic E-state index is 6.15. The molecular weight excluding hydrogens is 258 g/mol. The van der Waals surface area contributed by atoms with Crippen molar-refractivity contribution in [3.8, 4) is 0 Å². The molecule has 4 rings (SSSR count). The van der Waals surface area contributed by atoms with Crippen LogP contribution in [0.1, 0.15) is 56.9 Å². The normalized spacial score (nSPS) is 21.6. The van der Waals surface area contributed by atoms with Gasteiger partial charge in [-0.15, -0.1) is 0 Å². The van der Waals surface area contributed by atoms with Crippen LogP contribution in [0.2, 0.25) is 0 Å². The highest BCUT2D eigenvalue weighted by atomic mass is 16.3. The van der Waals surface area contributed by atoms with Crippen LogP contribution in [0.3, 0.4) is 0 Å². The molecule has 1 N–H and O–H groups in total.